The highest BCUT2D eigenvalue weighted by molar-refractivity contribution is 5.89. The van der Waals surface area contributed by atoms with Crippen LogP contribution in [0.15, 0.2) is 60.7 Å². The summed E-state index contributed by atoms with van der Waals surface area (Å²) in [5, 5.41) is 2.39. The molecule has 2 aromatic rings. The summed E-state index contributed by atoms with van der Waals surface area (Å²) in [6, 6.07) is 16.0. The monoisotopic (exact) mass is 388 g/mol. The molecule has 0 bridgehead atoms. The summed E-state index contributed by atoms with van der Waals surface area (Å²) in [5.74, 6) is -1.34. The van der Waals surface area contributed by atoms with E-state index in [1.807, 2.05) is 30.3 Å². The first-order chi connectivity index (χ1) is 13.5. The molecule has 1 heterocycles. The lowest BCUT2D eigenvalue weighted by Gasteiger charge is -2.42. The lowest BCUT2D eigenvalue weighted by Crippen LogP contribution is -2.63. The molecule has 4 atom stereocenters. The van der Waals surface area contributed by atoms with E-state index in [-0.39, 0.29) is 18.7 Å². The number of hydrogen-bond acceptors (Lipinski definition) is 4. The number of nitrogens with one attached hydrogen (secondary N) is 1. The molecule has 1 saturated heterocycles. The van der Waals surface area contributed by atoms with Crippen molar-refractivity contribution in [2.75, 3.05) is 13.6 Å². The number of amides is 1. The molecule has 148 valence electrons. The second-order valence-corrected chi connectivity index (χ2v) is 6.67. The normalized spacial score (nSPS) is 25.1. The molecule has 1 aliphatic rings. The second kappa shape index (κ2) is 8.93. The molecule has 0 aromatic heterocycles. The number of benzene rings is 2. The number of ether oxygens (including phenoxy) is 1. The summed E-state index contributed by atoms with van der Waals surface area (Å²) in [4.78, 5) is 26.0. The van der Waals surface area contributed by atoms with Gasteiger partial charge in [0, 0.05) is 20.1 Å². The number of carbonyl (C=O) groups is 2. The first-order valence-corrected chi connectivity index (χ1v) is 9.05. The van der Waals surface area contributed by atoms with Crippen LogP contribution in [0.3, 0.4) is 0 Å². The number of likely N-dealkylation sites (N-methyl/N-ethyl adjacent to an activating group) is 1. The van der Waals surface area contributed by atoms with Crippen LogP contribution in [0.2, 0.25) is 0 Å². The zero-order valence-electron chi connectivity index (χ0n) is 15.4. The van der Waals surface area contributed by atoms with Gasteiger partial charge in [-0.25, -0.2) is 13.6 Å². The van der Waals surface area contributed by atoms with Crippen LogP contribution in [-0.4, -0.2) is 54.9 Å². The molecule has 3 rings (SSSR count). The van der Waals surface area contributed by atoms with Gasteiger partial charge in [-0.3, -0.25) is 9.69 Å². The molecular formula is C21H22F2N2O3. The quantitative estimate of drug-likeness (QED) is 0.800. The van der Waals surface area contributed by atoms with E-state index in [0.717, 1.165) is 5.56 Å². The van der Waals surface area contributed by atoms with E-state index in [1.54, 1.807) is 30.3 Å². The summed E-state index contributed by atoms with van der Waals surface area (Å²) in [5.41, 5.74) is 1.10. The van der Waals surface area contributed by atoms with Crippen LogP contribution in [0.4, 0.5) is 8.78 Å². The van der Waals surface area contributed by atoms with Crippen molar-refractivity contribution >= 4 is 11.9 Å². The zero-order valence-corrected chi connectivity index (χ0v) is 15.4. The van der Waals surface area contributed by atoms with Gasteiger partial charge in [-0.2, -0.15) is 0 Å². The Bertz CT molecular complexity index is 804. The van der Waals surface area contributed by atoms with E-state index < -0.39 is 36.4 Å². The van der Waals surface area contributed by atoms with Gasteiger partial charge in [0.05, 0.1) is 5.56 Å². The molecule has 1 amide bonds. The Morgan fingerprint density at radius 3 is 2.25 bits per heavy atom. The van der Waals surface area contributed by atoms with Gasteiger partial charge in [0.2, 0.25) is 5.91 Å². The maximum Gasteiger partial charge on any atom is 0.338 e. The van der Waals surface area contributed by atoms with Crippen LogP contribution < -0.4 is 5.32 Å². The third kappa shape index (κ3) is 4.36. The summed E-state index contributed by atoms with van der Waals surface area (Å²) in [6.45, 7) is 0.137. The number of hydrogen-bond donors (Lipinski definition) is 1. The first-order valence-electron chi connectivity index (χ1n) is 9.05. The fourth-order valence-electron chi connectivity index (χ4n) is 3.35. The lowest BCUT2D eigenvalue weighted by molar-refractivity contribution is -0.140. The van der Waals surface area contributed by atoms with Crippen LogP contribution in [0.5, 0.6) is 0 Å². The molecule has 0 aliphatic carbocycles. The fraction of sp³-hybridized carbons (Fsp3) is 0.333. The van der Waals surface area contributed by atoms with E-state index >= 15 is 0 Å². The second-order valence-electron chi connectivity index (χ2n) is 6.67. The predicted octanol–water partition coefficient (Wildman–Crippen LogP) is 2.52. The van der Waals surface area contributed by atoms with Crippen molar-refractivity contribution in [3.8, 4) is 0 Å². The van der Waals surface area contributed by atoms with E-state index in [9.17, 15) is 18.4 Å². The average Bonchev–Trinajstić information content (AvgIpc) is 2.73. The van der Waals surface area contributed by atoms with Gasteiger partial charge in [-0.1, -0.05) is 48.5 Å². The largest absolute Gasteiger partial charge is 0.454 e. The molecule has 5 nitrogen and oxygen atoms in total. The third-order valence-corrected chi connectivity index (χ3v) is 4.78. The fourth-order valence-corrected chi connectivity index (χ4v) is 3.35. The first kappa shape index (κ1) is 19.9. The number of alkyl halides is 2. The van der Waals surface area contributed by atoms with E-state index in [4.69, 9.17) is 4.74 Å². The van der Waals surface area contributed by atoms with Gasteiger partial charge in [0.25, 0.3) is 0 Å². The molecule has 7 heteroatoms. The number of rotatable bonds is 5. The van der Waals surface area contributed by atoms with Gasteiger partial charge < -0.3 is 10.1 Å². The number of carbonyl (C=O) groups excluding carboxylic acids is 2. The maximum atomic E-state index is 14.9. The van der Waals surface area contributed by atoms with E-state index in [2.05, 4.69) is 5.32 Å². The molecule has 0 spiro atoms. The number of nitrogens with zero attached hydrogens (tertiary/aromatic N) is 1. The summed E-state index contributed by atoms with van der Waals surface area (Å²) >= 11 is 0. The van der Waals surface area contributed by atoms with Crippen molar-refractivity contribution in [2.45, 2.75) is 31.0 Å². The highest BCUT2D eigenvalue weighted by atomic mass is 19.2. The van der Waals surface area contributed by atoms with Gasteiger partial charge in [-0.15, -0.1) is 0 Å². The molecule has 2 aromatic carbocycles. The Morgan fingerprint density at radius 1 is 1.04 bits per heavy atom. The Hall–Kier alpha value is -2.80. The van der Waals surface area contributed by atoms with Crippen molar-refractivity contribution < 1.29 is 23.1 Å². The predicted molar refractivity (Wildman–Crippen MR) is 100 cm³/mol. The Labute approximate surface area is 162 Å². The number of esters is 1. The van der Waals surface area contributed by atoms with Crippen molar-refractivity contribution in [3.05, 3.63) is 71.8 Å². The number of likely N-dealkylation sites (tertiary alicyclic amines) is 1. The summed E-state index contributed by atoms with van der Waals surface area (Å²) < 4.78 is 34.8. The molecular weight excluding hydrogens is 366 g/mol. The topological polar surface area (TPSA) is 58.6 Å². The van der Waals surface area contributed by atoms with Crippen LogP contribution in [0, 0.1) is 0 Å². The minimum atomic E-state index is -2.12. The minimum Gasteiger partial charge on any atom is -0.454 e. The number of halogens is 2. The van der Waals surface area contributed by atoms with Crippen molar-refractivity contribution in [1.82, 2.24) is 10.2 Å². The highest BCUT2D eigenvalue weighted by Crippen LogP contribution is 2.28. The Kier molecular flexibility index (Phi) is 6.36. The molecule has 28 heavy (non-hydrogen) atoms. The van der Waals surface area contributed by atoms with Gasteiger partial charge >= 0.3 is 5.97 Å². The van der Waals surface area contributed by atoms with Gasteiger partial charge in [-0.05, 0) is 17.7 Å². The van der Waals surface area contributed by atoms with Gasteiger partial charge in [0.15, 0.2) is 12.3 Å². The molecule has 0 radical (unpaired) electrons. The van der Waals surface area contributed by atoms with Crippen molar-refractivity contribution in [3.63, 3.8) is 0 Å². The molecule has 1 aliphatic heterocycles. The van der Waals surface area contributed by atoms with Crippen LogP contribution in [-0.2, 0) is 16.1 Å². The summed E-state index contributed by atoms with van der Waals surface area (Å²) in [6.07, 6.45) is -5.53. The van der Waals surface area contributed by atoms with E-state index in [0.29, 0.717) is 0 Å². The Morgan fingerprint density at radius 2 is 1.64 bits per heavy atom. The standard InChI is InChI=1S/C21H22F2N2O3/c1-24-20(26)19-18(23)17(22)16(28-21(27)15-10-6-3-7-11-15)13-25(19)12-14-8-4-2-5-9-14/h2-11,16-19H,12-13H2,1H3,(H,24,26). The molecule has 1 N–H and O–H groups in total. The average molecular weight is 388 g/mol. The maximum absolute atomic E-state index is 14.9. The molecule has 0 saturated carbocycles. The third-order valence-electron chi connectivity index (χ3n) is 4.78. The molecule has 1 fully saturated rings. The van der Waals surface area contributed by atoms with Crippen LogP contribution in [0.1, 0.15) is 15.9 Å². The van der Waals surface area contributed by atoms with E-state index in [1.165, 1.54) is 11.9 Å². The van der Waals surface area contributed by atoms with Gasteiger partial charge in [0.1, 0.15) is 12.1 Å². The smallest absolute Gasteiger partial charge is 0.338 e. The van der Waals surface area contributed by atoms with Crippen LogP contribution in [0.25, 0.3) is 0 Å². The zero-order chi connectivity index (χ0) is 20.1. The highest BCUT2D eigenvalue weighted by Gasteiger charge is 2.49. The van der Waals surface area contributed by atoms with Crippen molar-refractivity contribution in [2.24, 2.45) is 0 Å². The van der Waals surface area contributed by atoms with Crippen molar-refractivity contribution in [1.29, 1.82) is 0 Å². The number of piperidine rings is 1. The minimum absolute atomic E-state index is 0.0901. The SMILES string of the molecule is CNC(=O)C1C(F)C(F)C(OC(=O)c2ccccc2)CN1Cc1ccccc1. The summed E-state index contributed by atoms with van der Waals surface area (Å²) in [7, 11) is 1.38. The van der Waals surface area contributed by atoms with Crippen LogP contribution >= 0.6 is 0 Å². The molecule has 4 unspecified atom stereocenters. The Balaban J connectivity index is 1.81. The lowest BCUT2D eigenvalue weighted by atomic mass is 9.94.